The summed E-state index contributed by atoms with van der Waals surface area (Å²) in [7, 11) is 0. The second kappa shape index (κ2) is 5.09. The fourth-order valence-electron chi connectivity index (χ4n) is 0.913. The molecule has 0 fully saturated rings. The Morgan fingerprint density at radius 1 is 1.47 bits per heavy atom. The molecule has 0 spiro atoms. The first-order valence-electron chi connectivity index (χ1n) is 3.79. The van der Waals surface area contributed by atoms with Gasteiger partial charge in [0.25, 0.3) is 5.24 Å². The summed E-state index contributed by atoms with van der Waals surface area (Å²) in [5, 5.41) is -1.04. The van der Waals surface area contributed by atoms with Crippen LogP contribution < -0.4 is 0 Å². The average Bonchev–Trinajstić information content (AvgIpc) is 2.08. The van der Waals surface area contributed by atoms with E-state index in [4.69, 9.17) is 11.6 Å². The van der Waals surface area contributed by atoms with Crippen LogP contribution in [0.1, 0.15) is 17.3 Å². The van der Waals surface area contributed by atoms with Crippen molar-refractivity contribution in [2.75, 3.05) is 0 Å². The lowest BCUT2D eigenvalue weighted by atomic mass is 10.2. The summed E-state index contributed by atoms with van der Waals surface area (Å²) in [5.74, 6) is -0.713. The van der Waals surface area contributed by atoms with Gasteiger partial charge in [0, 0.05) is 16.3 Å². The van der Waals surface area contributed by atoms with E-state index < -0.39 is 11.1 Å². The van der Waals surface area contributed by atoms with Gasteiger partial charge in [0.05, 0.1) is 5.56 Å². The molecule has 0 aliphatic heterocycles. The molecule has 0 aliphatic rings. The highest BCUT2D eigenvalue weighted by atomic mass is 79.9. The van der Waals surface area contributed by atoms with Crippen molar-refractivity contribution in [3.8, 4) is 0 Å². The molecule has 0 aromatic heterocycles. The monoisotopic (exact) mass is 310 g/mol. The average molecular weight is 312 g/mol. The molecule has 0 unspecified atom stereocenters. The highest BCUT2D eigenvalue weighted by molar-refractivity contribution is 9.10. The zero-order valence-corrected chi connectivity index (χ0v) is 10.7. The number of hydrogen-bond acceptors (Lipinski definition) is 3. The van der Waals surface area contributed by atoms with Crippen molar-refractivity contribution < 1.29 is 14.0 Å². The van der Waals surface area contributed by atoms with Crippen LogP contribution in [0, 0.1) is 5.82 Å². The van der Waals surface area contributed by atoms with Gasteiger partial charge in [-0.3, -0.25) is 9.59 Å². The van der Waals surface area contributed by atoms with Gasteiger partial charge in [0.15, 0.2) is 5.12 Å². The molecule has 1 aromatic carbocycles. The maximum Gasteiger partial charge on any atom is 0.255 e. The van der Waals surface area contributed by atoms with Crippen molar-refractivity contribution in [1.29, 1.82) is 0 Å². The van der Waals surface area contributed by atoms with Crippen LogP contribution in [0.5, 0.6) is 0 Å². The normalized spacial score (nSPS) is 10.1. The number of carbonyl (C=O) groups excluding carboxylic acids is 2. The van der Waals surface area contributed by atoms with Gasteiger partial charge >= 0.3 is 0 Å². The van der Waals surface area contributed by atoms with E-state index in [1.165, 1.54) is 13.0 Å². The predicted octanol–water partition coefficient (Wildman–Crippen LogP) is 3.61. The van der Waals surface area contributed by atoms with Crippen LogP contribution in [-0.4, -0.2) is 10.4 Å². The highest BCUT2D eigenvalue weighted by Gasteiger charge is 2.14. The van der Waals surface area contributed by atoms with Crippen LogP contribution in [0.4, 0.5) is 4.39 Å². The molecule has 0 saturated heterocycles. The molecule has 1 rings (SSSR count). The second-order valence-electron chi connectivity index (χ2n) is 2.63. The molecule has 0 heterocycles. The molecule has 0 N–H and O–H groups in total. The van der Waals surface area contributed by atoms with Gasteiger partial charge < -0.3 is 0 Å². The summed E-state index contributed by atoms with van der Waals surface area (Å²) < 4.78 is 13.6. The first-order valence-corrected chi connectivity index (χ1v) is 5.78. The maximum absolute atomic E-state index is 13.2. The van der Waals surface area contributed by atoms with E-state index in [0.29, 0.717) is 9.37 Å². The molecule has 1 aromatic rings. The fourth-order valence-corrected chi connectivity index (χ4v) is 2.26. The van der Waals surface area contributed by atoms with Crippen LogP contribution in [-0.2, 0) is 4.79 Å². The number of benzene rings is 1. The van der Waals surface area contributed by atoms with Crippen molar-refractivity contribution in [3.63, 3.8) is 0 Å². The van der Waals surface area contributed by atoms with Crippen molar-refractivity contribution in [3.05, 3.63) is 28.0 Å². The summed E-state index contributed by atoms with van der Waals surface area (Å²) in [4.78, 5) is 22.2. The Kier molecular flexibility index (Phi) is 4.31. The first-order chi connectivity index (χ1) is 6.91. The summed E-state index contributed by atoms with van der Waals surface area (Å²) in [5.41, 5.74) is -0.233. The summed E-state index contributed by atoms with van der Waals surface area (Å²) in [6.07, 6.45) is 0. The molecule has 0 saturated carbocycles. The third-order valence-electron chi connectivity index (χ3n) is 1.49. The Hall–Kier alpha value is -0.390. The number of carbonyl (C=O) groups is 2. The van der Waals surface area contributed by atoms with E-state index in [1.807, 2.05) is 0 Å². The van der Waals surface area contributed by atoms with Crippen molar-refractivity contribution in [1.82, 2.24) is 0 Å². The van der Waals surface area contributed by atoms with Crippen LogP contribution >= 0.6 is 39.3 Å². The van der Waals surface area contributed by atoms with E-state index in [1.54, 1.807) is 0 Å². The van der Waals surface area contributed by atoms with Crippen LogP contribution in [0.25, 0.3) is 0 Å². The first kappa shape index (κ1) is 12.7. The van der Waals surface area contributed by atoms with Gasteiger partial charge in [-0.1, -0.05) is 11.8 Å². The van der Waals surface area contributed by atoms with Crippen LogP contribution in [0.15, 0.2) is 21.5 Å². The van der Waals surface area contributed by atoms with Gasteiger partial charge in [-0.05, 0) is 39.7 Å². The minimum Gasteiger partial charge on any atom is -0.287 e. The van der Waals surface area contributed by atoms with Gasteiger partial charge in [-0.25, -0.2) is 4.39 Å². The third-order valence-corrected chi connectivity index (χ3v) is 3.45. The lowest BCUT2D eigenvalue weighted by Crippen LogP contribution is -1.96. The van der Waals surface area contributed by atoms with E-state index in [0.717, 1.165) is 17.8 Å². The Bertz CT molecular complexity index is 436. The molecule has 80 valence electrons. The Labute approximate surface area is 103 Å². The van der Waals surface area contributed by atoms with Crippen LogP contribution in [0.2, 0.25) is 0 Å². The van der Waals surface area contributed by atoms with E-state index in [9.17, 15) is 14.0 Å². The molecule has 0 atom stereocenters. The Balaban J connectivity index is 3.23. The summed E-state index contributed by atoms with van der Waals surface area (Å²) in [6.45, 7) is 1.38. The number of thioether (sulfide) groups is 1. The minimum atomic E-state index is -0.884. The Morgan fingerprint density at radius 2 is 2.07 bits per heavy atom. The summed E-state index contributed by atoms with van der Waals surface area (Å²) in [6, 6.07) is 2.36. The summed E-state index contributed by atoms with van der Waals surface area (Å²) >= 11 is 9.17. The molecular formula is C9H5BrClFO2S. The topological polar surface area (TPSA) is 34.1 Å². The predicted molar refractivity (Wildman–Crippen MR) is 60.8 cm³/mol. The van der Waals surface area contributed by atoms with Crippen molar-refractivity contribution in [2.24, 2.45) is 0 Å². The standard InChI is InChI=1S/C9H5BrClFO2S/c1-4(13)15-8-2-5(9(11)14)7(12)3-6(8)10/h2-3H,1H3. The van der Waals surface area contributed by atoms with Crippen molar-refractivity contribution in [2.45, 2.75) is 11.8 Å². The van der Waals surface area contributed by atoms with Gasteiger partial charge in [0.2, 0.25) is 0 Å². The zero-order chi connectivity index (χ0) is 11.6. The van der Waals surface area contributed by atoms with Gasteiger partial charge in [-0.15, -0.1) is 0 Å². The number of hydrogen-bond donors (Lipinski definition) is 0. The molecule has 0 amide bonds. The minimum absolute atomic E-state index is 0.157. The lowest BCUT2D eigenvalue weighted by molar-refractivity contribution is -0.109. The maximum atomic E-state index is 13.2. The van der Waals surface area contributed by atoms with E-state index in [-0.39, 0.29) is 10.7 Å². The van der Waals surface area contributed by atoms with Crippen molar-refractivity contribution >= 4 is 49.7 Å². The van der Waals surface area contributed by atoms with Crippen LogP contribution in [0.3, 0.4) is 0 Å². The van der Waals surface area contributed by atoms with E-state index >= 15 is 0 Å². The number of halogens is 3. The van der Waals surface area contributed by atoms with Gasteiger partial charge in [0.1, 0.15) is 5.82 Å². The fraction of sp³-hybridized carbons (Fsp3) is 0.111. The van der Waals surface area contributed by atoms with Gasteiger partial charge in [-0.2, -0.15) is 0 Å². The third kappa shape index (κ3) is 3.29. The largest absolute Gasteiger partial charge is 0.287 e. The molecular weight excluding hydrogens is 307 g/mol. The quantitative estimate of drug-likeness (QED) is 0.618. The molecule has 0 radical (unpaired) electrons. The highest BCUT2D eigenvalue weighted by Crippen LogP contribution is 2.31. The second-order valence-corrected chi connectivity index (χ2v) is 5.05. The molecule has 0 aliphatic carbocycles. The lowest BCUT2D eigenvalue weighted by Gasteiger charge is -2.04. The molecule has 15 heavy (non-hydrogen) atoms. The smallest absolute Gasteiger partial charge is 0.255 e. The molecule has 2 nitrogen and oxygen atoms in total. The van der Waals surface area contributed by atoms with E-state index in [2.05, 4.69) is 15.9 Å². The SMILES string of the molecule is CC(=O)Sc1cc(C(=O)Cl)c(F)cc1Br. The Morgan fingerprint density at radius 3 is 2.53 bits per heavy atom. The molecule has 0 bridgehead atoms. The number of rotatable bonds is 2. The molecule has 6 heteroatoms. The zero-order valence-electron chi connectivity index (χ0n) is 7.51.